The summed E-state index contributed by atoms with van der Waals surface area (Å²) in [6.07, 6.45) is 0. The van der Waals surface area contributed by atoms with E-state index in [2.05, 4.69) is 10.1 Å². The van der Waals surface area contributed by atoms with Gasteiger partial charge in [0.2, 0.25) is 5.82 Å². The maximum absolute atomic E-state index is 13.6. The first kappa shape index (κ1) is 18.3. The number of nitrogens with zero attached hydrogens (tertiary/aromatic N) is 2. The lowest BCUT2D eigenvalue weighted by molar-refractivity contribution is 0.0424. The number of carbonyl (C=O) groups excluding carboxylic acids is 1. The normalized spacial score (nSPS) is 10.5. The lowest BCUT2D eigenvalue weighted by Gasteiger charge is -2.07. The predicted molar refractivity (Wildman–Crippen MR) is 88.3 cm³/mol. The molecule has 0 atom stereocenters. The molecule has 0 radical (unpaired) electrons. The first-order valence-electron chi connectivity index (χ1n) is 7.69. The van der Waals surface area contributed by atoms with Gasteiger partial charge in [-0.15, -0.1) is 0 Å². The zero-order chi connectivity index (χ0) is 19.4. The second kappa shape index (κ2) is 7.81. The molecule has 140 valence electrons. The maximum atomic E-state index is 13.6. The van der Waals surface area contributed by atoms with Crippen molar-refractivity contribution < 1.29 is 32.3 Å². The average Bonchev–Trinajstić information content (AvgIpc) is 3.14. The predicted octanol–water partition coefficient (Wildman–Crippen LogP) is 3.39. The molecule has 1 heterocycles. The molecule has 0 saturated heterocycles. The summed E-state index contributed by atoms with van der Waals surface area (Å²) in [5.74, 6) is -1.50. The van der Waals surface area contributed by atoms with Crippen LogP contribution in [0.4, 0.5) is 8.78 Å². The van der Waals surface area contributed by atoms with Gasteiger partial charge in [0.15, 0.2) is 18.1 Å². The van der Waals surface area contributed by atoms with E-state index in [1.54, 1.807) is 18.2 Å². The summed E-state index contributed by atoms with van der Waals surface area (Å²) in [7, 11) is 3.01. The Bertz CT molecular complexity index is 974. The Hall–Kier alpha value is -3.49. The molecule has 0 aliphatic rings. The number of hydrogen-bond acceptors (Lipinski definition) is 7. The minimum Gasteiger partial charge on any atom is -0.493 e. The minimum atomic E-state index is -1.02. The molecule has 0 fully saturated rings. The van der Waals surface area contributed by atoms with Crippen molar-refractivity contribution in [3.05, 3.63) is 59.5 Å². The maximum Gasteiger partial charge on any atom is 0.341 e. The zero-order valence-electron chi connectivity index (χ0n) is 14.4. The lowest BCUT2D eigenvalue weighted by Crippen LogP contribution is -2.08. The molecule has 0 spiro atoms. The first-order chi connectivity index (χ1) is 13.0. The molecule has 0 aliphatic carbocycles. The molecule has 27 heavy (non-hydrogen) atoms. The van der Waals surface area contributed by atoms with Crippen molar-refractivity contribution in [1.82, 2.24) is 10.1 Å². The molecular weight excluding hydrogens is 362 g/mol. The van der Waals surface area contributed by atoms with Crippen LogP contribution in [-0.4, -0.2) is 30.3 Å². The van der Waals surface area contributed by atoms with Crippen molar-refractivity contribution in [2.45, 2.75) is 6.61 Å². The van der Waals surface area contributed by atoms with Gasteiger partial charge in [-0.25, -0.2) is 13.6 Å². The molecule has 0 amide bonds. The van der Waals surface area contributed by atoms with E-state index >= 15 is 0 Å². The molecule has 2 aromatic carbocycles. The zero-order valence-corrected chi connectivity index (χ0v) is 14.4. The number of methoxy groups -OCH3 is 2. The van der Waals surface area contributed by atoms with Gasteiger partial charge in [0.05, 0.1) is 19.8 Å². The van der Waals surface area contributed by atoms with Gasteiger partial charge in [-0.1, -0.05) is 5.16 Å². The quantitative estimate of drug-likeness (QED) is 0.610. The third kappa shape index (κ3) is 4.02. The second-order valence-electron chi connectivity index (χ2n) is 5.28. The topological polar surface area (TPSA) is 83.7 Å². The highest BCUT2D eigenvalue weighted by Gasteiger charge is 2.17. The molecule has 9 heteroatoms. The van der Waals surface area contributed by atoms with E-state index in [4.69, 9.17) is 18.7 Å². The van der Waals surface area contributed by atoms with E-state index in [0.29, 0.717) is 23.1 Å². The van der Waals surface area contributed by atoms with Crippen LogP contribution in [0.25, 0.3) is 11.4 Å². The fourth-order valence-corrected chi connectivity index (χ4v) is 2.27. The monoisotopic (exact) mass is 376 g/mol. The number of rotatable bonds is 6. The number of benzene rings is 2. The molecule has 3 aromatic rings. The smallest absolute Gasteiger partial charge is 0.341 e. The summed E-state index contributed by atoms with van der Waals surface area (Å²) >= 11 is 0. The van der Waals surface area contributed by atoms with Crippen molar-refractivity contribution in [3.8, 4) is 22.9 Å². The lowest BCUT2D eigenvalue weighted by atomic mass is 10.2. The highest BCUT2D eigenvalue weighted by Crippen LogP contribution is 2.31. The van der Waals surface area contributed by atoms with E-state index in [-0.39, 0.29) is 18.3 Å². The number of aromatic nitrogens is 2. The van der Waals surface area contributed by atoms with Gasteiger partial charge in [0.25, 0.3) is 5.89 Å². The van der Waals surface area contributed by atoms with Gasteiger partial charge in [-0.2, -0.15) is 4.98 Å². The molecule has 0 saturated carbocycles. The van der Waals surface area contributed by atoms with Crippen LogP contribution in [-0.2, 0) is 11.3 Å². The van der Waals surface area contributed by atoms with Crippen LogP contribution in [0.3, 0.4) is 0 Å². The molecule has 0 aliphatic heterocycles. The van der Waals surface area contributed by atoms with Gasteiger partial charge in [-0.05, 0) is 30.3 Å². The third-order valence-corrected chi connectivity index (χ3v) is 3.59. The van der Waals surface area contributed by atoms with E-state index in [1.165, 1.54) is 14.2 Å². The second-order valence-corrected chi connectivity index (χ2v) is 5.28. The van der Waals surface area contributed by atoms with Crippen molar-refractivity contribution in [2.75, 3.05) is 14.2 Å². The van der Waals surface area contributed by atoms with E-state index < -0.39 is 23.2 Å². The van der Waals surface area contributed by atoms with Gasteiger partial charge in [-0.3, -0.25) is 0 Å². The van der Waals surface area contributed by atoms with E-state index in [1.807, 2.05) is 0 Å². The summed E-state index contributed by atoms with van der Waals surface area (Å²) in [4.78, 5) is 16.0. The number of carbonyl (C=O) groups is 1. The number of halogens is 2. The van der Waals surface area contributed by atoms with Gasteiger partial charge < -0.3 is 18.7 Å². The van der Waals surface area contributed by atoms with E-state index in [0.717, 1.165) is 12.1 Å². The Kier molecular flexibility index (Phi) is 5.30. The number of esters is 1. The van der Waals surface area contributed by atoms with Crippen molar-refractivity contribution in [2.24, 2.45) is 0 Å². The fourth-order valence-electron chi connectivity index (χ4n) is 2.27. The van der Waals surface area contributed by atoms with Crippen molar-refractivity contribution >= 4 is 5.97 Å². The average molecular weight is 376 g/mol. The molecule has 0 N–H and O–H groups in total. The molecular formula is C18H14F2N2O5. The minimum absolute atomic E-state index is 0.00987. The molecule has 7 nitrogen and oxygen atoms in total. The van der Waals surface area contributed by atoms with E-state index in [9.17, 15) is 13.6 Å². The van der Waals surface area contributed by atoms with Gasteiger partial charge >= 0.3 is 5.97 Å². The van der Waals surface area contributed by atoms with Crippen molar-refractivity contribution in [1.29, 1.82) is 0 Å². The summed E-state index contributed by atoms with van der Waals surface area (Å²) in [6, 6.07) is 7.60. The Morgan fingerprint density at radius 3 is 2.56 bits per heavy atom. The van der Waals surface area contributed by atoms with Crippen LogP contribution in [0, 0.1) is 11.6 Å². The summed E-state index contributed by atoms with van der Waals surface area (Å²) < 4.78 is 46.8. The van der Waals surface area contributed by atoms with Crippen LogP contribution >= 0.6 is 0 Å². The van der Waals surface area contributed by atoms with Crippen LogP contribution in [0.15, 0.2) is 40.9 Å². The van der Waals surface area contributed by atoms with Crippen LogP contribution < -0.4 is 9.47 Å². The summed E-state index contributed by atoms with van der Waals surface area (Å²) in [6.45, 7) is -0.365. The number of hydrogen-bond donors (Lipinski definition) is 0. The SMILES string of the molecule is COc1ccc(-c2noc(COC(=O)c3ccc(F)cc3F)n2)cc1OC. The van der Waals surface area contributed by atoms with Crippen LogP contribution in [0.2, 0.25) is 0 Å². The largest absolute Gasteiger partial charge is 0.493 e. The molecule has 3 rings (SSSR count). The third-order valence-electron chi connectivity index (χ3n) is 3.59. The Balaban J connectivity index is 1.70. The Morgan fingerprint density at radius 1 is 1.07 bits per heavy atom. The molecule has 1 aromatic heterocycles. The van der Waals surface area contributed by atoms with Crippen LogP contribution in [0.5, 0.6) is 11.5 Å². The number of ether oxygens (including phenoxy) is 3. The first-order valence-corrected chi connectivity index (χ1v) is 7.69. The standard InChI is InChI=1S/C18H14F2N2O5/c1-24-14-6-3-10(7-15(14)25-2)17-21-16(27-22-17)9-26-18(23)12-5-4-11(19)8-13(12)20/h3-8H,9H2,1-2H3. The molecule has 0 bridgehead atoms. The Morgan fingerprint density at radius 2 is 1.85 bits per heavy atom. The highest BCUT2D eigenvalue weighted by molar-refractivity contribution is 5.89. The molecule has 0 unspecified atom stereocenters. The fraction of sp³-hybridized carbons (Fsp3) is 0.167. The van der Waals surface area contributed by atoms with Crippen LogP contribution in [0.1, 0.15) is 16.2 Å². The summed E-state index contributed by atoms with van der Waals surface area (Å²) in [5.41, 5.74) is 0.203. The van der Waals surface area contributed by atoms with Crippen molar-refractivity contribution in [3.63, 3.8) is 0 Å². The summed E-state index contributed by atoms with van der Waals surface area (Å²) in [5, 5.41) is 3.80. The van der Waals surface area contributed by atoms with Gasteiger partial charge in [0, 0.05) is 11.6 Å². The Labute approximate surface area is 152 Å². The highest BCUT2D eigenvalue weighted by atomic mass is 19.1. The van der Waals surface area contributed by atoms with Gasteiger partial charge in [0.1, 0.15) is 11.6 Å².